The lowest BCUT2D eigenvalue weighted by molar-refractivity contribution is -0.144. The van der Waals surface area contributed by atoms with Gasteiger partial charge in [0.05, 0.1) is 18.1 Å². The fourth-order valence-electron chi connectivity index (χ4n) is 5.00. The van der Waals surface area contributed by atoms with Crippen molar-refractivity contribution < 1.29 is 24.2 Å². The molecule has 3 aliphatic heterocycles. The highest BCUT2D eigenvalue weighted by molar-refractivity contribution is 6.07. The summed E-state index contributed by atoms with van der Waals surface area (Å²) < 4.78 is 5.79. The minimum Gasteiger partial charge on any atom is -0.481 e. The van der Waals surface area contributed by atoms with E-state index in [4.69, 9.17) is 4.74 Å². The number of nitrogens with zero attached hydrogens (tertiary/aromatic N) is 1. The first-order valence-electron chi connectivity index (χ1n) is 9.99. The maximum atomic E-state index is 12.9. The quantitative estimate of drug-likeness (QED) is 0.554. The first kappa shape index (κ1) is 18.9. The number of urea groups is 1. The standard InChI is InChI=1S/C21H26N2O5/c1-21(13-7-3-2-4-8-13)19(26)23(20(27)22-21)12-6-5-9-14-15-10-11-16(28-15)17(14)18(24)25/h2-4,7-8,14-17H,5-6,9-12H2,1H3,(H,22,27)(H,24,25). The Kier molecular flexibility index (Phi) is 4.87. The van der Waals surface area contributed by atoms with Gasteiger partial charge in [-0.25, -0.2) is 4.79 Å². The maximum absolute atomic E-state index is 12.9. The predicted molar refractivity (Wildman–Crippen MR) is 100 cm³/mol. The third-order valence-electron chi connectivity index (χ3n) is 6.51. The number of amides is 3. The number of fused-ring (bicyclic) bond motifs is 2. The number of carboxylic acid groups (broad SMARTS) is 1. The molecule has 4 rings (SSSR count). The average molecular weight is 386 g/mol. The molecule has 28 heavy (non-hydrogen) atoms. The summed E-state index contributed by atoms with van der Waals surface area (Å²) in [4.78, 5) is 38.1. The van der Waals surface area contributed by atoms with Crippen LogP contribution in [0, 0.1) is 11.8 Å². The van der Waals surface area contributed by atoms with E-state index in [-0.39, 0.29) is 30.1 Å². The summed E-state index contributed by atoms with van der Waals surface area (Å²) in [6.45, 7) is 2.07. The summed E-state index contributed by atoms with van der Waals surface area (Å²) in [6.07, 6.45) is 3.83. The van der Waals surface area contributed by atoms with Gasteiger partial charge in [0.1, 0.15) is 5.54 Å². The van der Waals surface area contributed by atoms with Crippen LogP contribution in [0.25, 0.3) is 0 Å². The minimum absolute atomic E-state index is 0.0361. The van der Waals surface area contributed by atoms with Gasteiger partial charge in [0.25, 0.3) is 5.91 Å². The van der Waals surface area contributed by atoms with Crippen LogP contribution in [0.5, 0.6) is 0 Å². The molecular weight excluding hydrogens is 360 g/mol. The van der Waals surface area contributed by atoms with Crippen LogP contribution in [0.1, 0.15) is 44.6 Å². The molecule has 3 aliphatic rings. The van der Waals surface area contributed by atoms with Crippen LogP contribution in [0.4, 0.5) is 4.79 Å². The van der Waals surface area contributed by atoms with Crippen LogP contribution in [0.2, 0.25) is 0 Å². The molecule has 0 spiro atoms. The molecule has 0 radical (unpaired) electrons. The van der Waals surface area contributed by atoms with Gasteiger partial charge in [0.2, 0.25) is 0 Å². The van der Waals surface area contributed by atoms with Crippen LogP contribution >= 0.6 is 0 Å². The number of carbonyl (C=O) groups is 3. The van der Waals surface area contributed by atoms with Gasteiger partial charge in [0, 0.05) is 12.5 Å². The first-order valence-corrected chi connectivity index (χ1v) is 9.99. The highest BCUT2D eigenvalue weighted by atomic mass is 16.5. The molecule has 2 N–H and O–H groups in total. The predicted octanol–water partition coefficient (Wildman–Crippen LogP) is 2.50. The van der Waals surface area contributed by atoms with Crippen molar-refractivity contribution in [3.8, 4) is 0 Å². The van der Waals surface area contributed by atoms with Gasteiger partial charge in [-0.15, -0.1) is 0 Å². The van der Waals surface area contributed by atoms with Crippen molar-refractivity contribution in [2.45, 2.75) is 56.8 Å². The number of rotatable bonds is 7. The van der Waals surface area contributed by atoms with Crippen molar-refractivity contribution in [2.75, 3.05) is 6.54 Å². The molecule has 3 fully saturated rings. The van der Waals surface area contributed by atoms with E-state index in [0.29, 0.717) is 13.0 Å². The molecule has 3 amide bonds. The second kappa shape index (κ2) is 7.20. The van der Waals surface area contributed by atoms with Crippen molar-refractivity contribution in [2.24, 2.45) is 11.8 Å². The van der Waals surface area contributed by atoms with E-state index < -0.39 is 17.4 Å². The van der Waals surface area contributed by atoms with Gasteiger partial charge < -0.3 is 15.2 Å². The molecule has 0 aliphatic carbocycles. The largest absolute Gasteiger partial charge is 0.481 e. The fourth-order valence-corrected chi connectivity index (χ4v) is 5.00. The Morgan fingerprint density at radius 2 is 1.93 bits per heavy atom. The summed E-state index contributed by atoms with van der Waals surface area (Å²) in [7, 11) is 0. The molecule has 3 saturated heterocycles. The molecule has 0 aromatic heterocycles. The molecule has 5 atom stereocenters. The smallest absolute Gasteiger partial charge is 0.325 e. The van der Waals surface area contributed by atoms with Gasteiger partial charge in [0.15, 0.2) is 0 Å². The van der Waals surface area contributed by atoms with E-state index >= 15 is 0 Å². The summed E-state index contributed by atoms with van der Waals surface area (Å²) >= 11 is 0. The van der Waals surface area contributed by atoms with Crippen LogP contribution in [-0.4, -0.2) is 46.7 Å². The van der Waals surface area contributed by atoms with Crippen molar-refractivity contribution in [3.63, 3.8) is 0 Å². The number of imide groups is 1. The Labute approximate surface area is 164 Å². The van der Waals surface area contributed by atoms with Gasteiger partial charge >= 0.3 is 12.0 Å². The molecule has 7 heteroatoms. The lowest BCUT2D eigenvalue weighted by Crippen LogP contribution is -2.41. The molecule has 3 heterocycles. The van der Waals surface area contributed by atoms with E-state index in [2.05, 4.69) is 5.32 Å². The Hall–Kier alpha value is -2.41. The topological polar surface area (TPSA) is 95.9 Å². The second-order valence-electron chi connectivity index (χ2n) is 8.19. The fraction of sp³-hybridized carbons (Fsp3) is 0.571. The van der Waals surface area contributed by atoms with Crippen molar-refractivity contribution in [1.82, 2.24) is 10.2 Å². The number of ether oxygens (including phenoxy) is 1. The molecule has 5 unspecified atom stereocenters. The van der Waals surface area contributed by atoms with Gasteiger partial charge in [-0.2, -0.15) is 0 Å². The van der Waals surface area contributed by atoms with Crippen molar-refractivity contribution >= 4 is 17.9 Å². The van der Waals surface area contributed by atoms with Crippen LogP contribution in [-0.2, 0) is 19.9 Å². The highest BCUT2D eigenvalue weighted by Crippen LogP contribution is 2.45. The number of hydrogen-bond acceptors (Lipinski definition) is 4. The summed E-state index contributed by atoms with van der Waals surface area (Å²) in [5.74, 6) is -1.40. The number of aliphatic carboxylic acids is 1. The van der Waals surface area contributed by atoms with E-state index in [1.807, 2.05) is 30.3 Å². The molecule has 0 saturated carbocycles. The molecule has 7 nitrogen and oxygen atoms in total. The first-order chi connectivity index (χ1) is 13.4. The van der Waals surface area contributed by atoms with E-state index in [1.165, 1.54) is 4.90 Å². The van der Waals surface area contributed by atoms with Crippen LogP contribution in [0.15, 0.2) is 30.3 Å². The minimum atomic E-state index is -1.04. The number of hydrogen-bond donors (Lipinski definition) is 2. The zero-order valence-electron chi connectivity index (χ0n) is 16.0. The number of unbranched alkanes of at least 4 members (excludes halogenated alkanes) is 1. The number of nitrogens with one attached hydrogen (secondary N) is 1. The lowest BCUT2D eigenvalue weighted by Gasteiger charge is -2.25. The second-order valence-corrected chi connectivity index (χ2v) is 8.19. The molecular formula is C21H26N2O5. The summed E-state index contributed by atoms with van der Waals surface area (Å²) in [5.41, 5.74) is -0.273. The van der Waals surface area contributed by atoms with E-state index in [1.54, 1.807) is 6.92 Å². The lowest BCUT2D eigenvalue weighted by atomic mass is 9.77. The zero-order valence-corrected chi connectivity index (χ0v) is 16.0. The zero-order chi connectivity index (χ0) is 19.9. The maximum Gasteiger partial charge on any atom is 0.325 e. The normalized spacial score (nSPS) is 34.1. The van der Waals surface area contributed by atoms with Gasteiger partial charge in [-0.1, -0.05) is 36.8 Å². The Balaban J connectivity index is 1.32. The molecule has 150 valence electrons. The Morgan fingerprint density at radius 1 is 1.21 bits per heavy atom. The van der Waals surface area contributed by atoms with Gasteiger partial charge in [-0.05, 0) is 38.2 Å². The van der Waals surface area contributed by atoms with Gasteiger partial charge in [-0.3, -0.25) is 14.5 Å². The van der Waals surface area contributed by atoms with Crippen LogP contribution in [0.3, 0.4) is 0 Å². The molecule has 1 aromatic carbocycles. The number of carboxylic acids is 1. The van der Waals surface area contributed by atoms with Crippen molar-refractivity contribution in [1.29, 1.82) is 0 Å². The SMILES string of the molecule is CC1(c2ccccc2)NC(=O)N(CCCCC2C3CCC(O3)C2C(=O)O)C1=O. The number of benzene rings is 1. The summed E-state index contributed by atoms with van der Waals surface area (Å²) in [6, 6.07) is 8.86. The third kappa shape index (κ3) is 3.07. The highest BCUT2D eigenvalue weighted by Gasteiger charge is 2.52. The van der Waals surface area contributed by atoms with E-state index in [9.17, 15) is 19.5 Å². The Bertz CT molecular complexity index is 782. The van der Waals surface area contributed by atoms with Crippen LogP contribution < -0.4 is 5.32 Å². The summed E-state index contributed by atoms with van der Waals surface area (Å²) in [5, 5.41) is 12.3. The Morgan fingerprint density at radius 3 is 2.64 bits per heavy atom. The third-order valence-corrected chi connectivity index (χ3v) is 6.51. The monoisotopic (exact) mass is 386 g/mol. The molecule has 2 bridgehead atoms. The van der Waals surface area contributed by atoms with Crippen molar-refractivity contribution in [3.05, 3.63) is 35.9 Å². The molecule has 1 aromatic rings. The number of carbonyl (C=O) groups excluding carboxylic acids is 2. The van der Waals surface area contributed by atoms with E-state index in [0.717, 1.165) is 31.2 Å². The average Bonchev–Trinajstić information content (AvgIpc) is 3.34.